The highest BCUT2D eigenvalue weighted by Gasteiger charge is 2.28. The number of nitrogens with zero attached hydrogens (tertiary/aromatic N) is 4. The summed E-state index contributed by atoms with van der Waals surface area (Å²) in [6.07, 6.45) is 8.74. The zero-order valence-corrected chi connectivity index (χ0v) is 11.3. The highest BCUT2D eigenvalue weighted by Crippen LogP contribution is 2.39. The number of aromatic nitrogens is 4. The number of hydrogen-bond acceptors (Lipinski definition) is 2. The van der Waals surface area contributed by atoms with E-state index in [1.54, 1.807) is 0 Å². The lowest BCUT2D eigenvalue weighted by Gasteiger charge is -2.06. The van der Waals surface area contributed by atoms with Crippen LogP contribution in [0.15, 0.2) is 18.6 Å². The van der Waals surface area contributed by atoms with E-state index in [2.05, 4.69) is 47.8 Å². The third kappa shape index (κ3) is 2.07. The van der Waals surface area contributed by atoms with Crippen molar-refractivity contribution in [1.29, 1.82) is 0 Å². The quantitative estimate of drug-likeness (QED) is 0.829. The average Bonchev–Trinajstić information content (AvgIpc) is 2.96. The average molecular weight is 244 g/mol. The van der Waals surface area contributed by atoms with Crippen LogP contribution in [0.3, 0.4) is 0 Å². The summed E-state index contributed by atoms with van der Waals surface area (Å²) in [5.41, 5.74) is 2.42. The molecule has 1 saturated carbocycles. The fourth-order valence-corrected chi connectivity index (χ4v) is 2.28. The first-order valence-corrected chi connectivity index (χ1v) is 6.71. The van der Waals surface area contributed by atoms with Crippen molar-refractivity contribution in [3.8, 4) is 0 Å². The molecule has 0 spiro atoms. The van der Waals surface area contributed by atoms with Gasteiger partial charge < -0.3 is 4.57 Å². The number of aryl methyl sites for hydroxylation is 1. The maximum Gasteiger partial charge on any atom is 0.112 e. The Morgan fingerprint density at radius 2 is 2.17 bits per heavy atom. The van der Waals surface area contributed by atoms with Crippen LogP contribution in [0.5, 0.6) is 0 Å². The molecule has 2 aromatic rings. The van der Waals surface area contributed by atoms with Gasteiger partial charge in [0.2, 0.25) is 0 Å². The molecule has 0 atom stereocenters. The molecule has 18 heavy (non-hydrogen) atoms. The molecule has 0 saturated heterocycles. The predicted molar refractivity (Wildman–Crippen MR) is 70.7 cm³/mol. The summed E-state index contributed by atoms with van der Waals surface area (Å²) in [6.45, 7) is 7.29. The van der Waals surface area contributed by atoms with Crippen LogP contribution in [0.4, 0.5) is 0 Å². The summed E-state index contributed by atoms with van der Waals surface area (Å²) >= 11 is 0. The summed E-state index contributed by atoms with van der Waals surface area (Å²) in [4.78, 5) is 4.48. The maximum atomic E-state index is 4.56. The summed E-state index contributed by atoms with van der Waals surface area (Å²) < 4.78 is 4.31. The molecule has 0 radical (unpaired) electrons. The molecular formula is C14H20N4. The first kappa shape index (κ1) is 11.5. The number of rotatable bonds is 4. The Hall–Kier alpha value is -1.58. The Bertz CT molecular complexity index is 546. The molecule has 1 fully saturated rings. The van der Waals surface area contributed by atoms with Crippen LogP contribution in [0.2, 0.25) is 0 Å². The van der Waals surface area contributed by atoms with Crippen molar-refractivity contribution >= 4 is 0 Å². The lowest BCUT2D eigenvalue weighted by molar-refractivity contribution is 0.528. The normalized spacial score (nSPS) is 15.6. The number of imidazole rings is 1. The summed E-state index contributed by atoms with van der Waals surface area (Å²) in [5.74, 6) is 1.94. The predicted octanol–water partition coefficient (Wildman–Crippen LogP) is 2.89. The van der Waals surface area contributed by atoms with Gasteiger partial charge >= 0.3 is 0 Å². The van der Waals surface area contributed by atoms with Crippen LogP contribution in [-0.2, 0) is 6.54 Å². The fraction of sp³-hybridized carbons (Fsp3) is 0.571. The molecule has 96 valence electrons. The monoisotopic (exact) mass is 244 g/mol. The molecule has 0 unspecified atom stereocenters. The zero-order valence-electron chi connectivity index (χ0n) is 11.3. The Morgan fingerprint density at radius 1 is 1.39 bits per heavy atom. The van der Waals surface area contributed by atoms with E-state index >= 15 is 0 Å². The Kier molecular flexibility index (Phi) is 2.73. The summed E-state index contributed by atoms with van der Waals surface area (Å²) in [6, 6.07) is 0.420. The van der Waals surface area contributed by atoms with Gasteiger partial charge in [-0.2, -0.15) is 5.10 Å². The molecule has 0 aliphatic heterocycles. The second-order valence-electron chi connectivity index (χ2n) is 5.50. The highest BCUT2D eigenvalue weighted by atomic mass is 15.3. The van der Waals surface area contributed by atoms with Crippen molar-refractivity contribution in [2.24, 2.45) is 0 Å². The van der Waals surface area contributed by atoms with Crippen molar-refractivity contribution in [1.82, 2.24) is 19.3 Å². The van der Waals surface area contributed by atoms with Crippen LogP contribution >= 0.6 is 0 Å². The second-order valence-corrected chi connectivity index (χ2v) is 5.50. The first-order valence-electron chi connectivity index (χ1n) is 6.71. The molecule has 0 N–H and O–H groups in total. The van der Waals surface area contributed by atoms with Crippen molar-refractivity contribution in [2.45, 2.75) is 52.1 Å². The van der Waals surface area contributed by atoms with Crippen molar-refractivity contribution in [3.63, 3.8) is 0 Å². The largest absolute Gasteiger partial charge is 0.330 e. The van der Waals surface area contributed by atoms with Gasteiger partial charge in [-0.15, -0.1) is 0 Å². The standard InChI is InChI=1S/C14H20N4/c1-10(2)18-9-13(11(3)16-18)8-17-7-6-15-14(17)12-4-5-12/h6-7,9-10,12H,4-5,8H2,1-3H3. The van der Waals surface area contributed by atoms with Gasteiger partial charge in [-0.3, -0.25) is 4.68 Å². The van der Waals surface area contributed by atoms with E-state index in [4.69, 9.17) is 0 Å². The van der Waals surface area contributed by atoms with Crippen LogP contribution in [0, 0.1) is 6.92 Å². The third-order valence-electron chi connectivity index (χ3n) is 3.58. The summed E-state index contributed by atoms with van der Waals surface area (Å²) in [7, 11) is 0. The van der Waals surface area contributed by atoms with E-state index < -0.39 is 0 Å². The van der Waals surface area contributed by atoms with Gasteiger partial charge in [0.1, 0.15) is 5.82 Å². The molecule has 1 aliphatic carbocycles. The van der Waals surface area contributed by atoms with Crippen LogP contribution in [-0.4, -0.2) is 19.3 Å². The minimum Gasteiger partial charge on any atom is -0.330 e. The minimum absolute atomic E-state index is 0.420. The van der Waals surface area contributed by atoms with Gasteiger partial charge in [-0.1, -0.05) is 0 Å². The molecule has 1 aliphatic rings. The highest BCUT2D eigenvalue weighted by molar-refractivity contribution is 5.18. The topological polar surface area (TPSA) is 35.6 Å². The van der Waals surface area contributed by atoms with E-state index in [0.717, 1.165) is 12.2 Å². The van der Waals surface area contributed by atoms with Crippen molar-refractivity contribution in [3.05, 3.63) is 35.7 Å². The second kappa shape index (κ2) is 4.26. The molecule has 2 heterocycles. The van der Waals surface area contributed by atoms with Crippen molar-refractivity contribution in [2.75, 3.05) is 0 Å². The Labute approximate surface area is 108 Å². The molecule has 3 rings (SSSR count). The van der Waals surface area contributed by atoms with Gasteiger partial charge in [0.05, 0.1) is 12.2 Å². The van der Waals surface area contributed by atoms with E-state index in [1.165, 1.54) is 24.2 Å². The lowest BCUT2D eigenvalue weighted by atomic mass is 10.2. The van der Waals surface area contributed by atoms with E-state index in [1.807, 2.05) is 10.9 Å². The van der Waals surface area contributed by atoms with Gasteiger partial charge in [-0.05, 0) is 33.6 Å². The maximum absolute atomic E-state index is 4.56. The van der Waals surface area contributed by atoms with Crippen LogP contribution < -0.4 is 0 Å². The van der Waals surface area contributed by atoms with E-state index in [0.29, 0.717) is 12.0 Å². The van der Waals surface area contributed by atoms with Crippen LogP contribution in [0.1, 0.15) is 55.7 Å². The minimum atomic E-state index is 0.420. The van der Waals surface area contributed by atoms with Gasteiger partial charge in [0.25, 0.3) is 0 Å². The molecular weight excluding hydrogens is 224 g/mol. The van der Waals surface area contributed by atoms with Gasteiger partial charge in [0, 0.05) is 36.1 Å². The molecule has 4 nitrogen and oxygen atoms in total. The molecule has 0 bridgehead atoms. The van der Waals surface area contributed by atoms with E-state index in [-0.39, 0.29) is 0 Å². The third-order valence-corrected chi connectivity index (χ3v) is 3.58. The lowest BCUT2D eigenvalue weighted by Crippen LogP contribution is -2.03. The van der Waals surface area contributed by atoms with Crippen LogP contribution in [0.25, 0.3) is 0 Å². The zero-order chi connectivity index (χ0) is 12.7. The molecule has 4 heteroatoms. The van der Waals surface area contributed by atoms with E-state index in [9.17, 15) is 0 Å². The van der Waals surface area contributed by atoms with Gasteiger partial charge in [-0.25, -0.2) is 4.98 Å². The fourth-order valence-electron chi connectivity index (χ4n) is 2.28. The Balaban J connectivity index is 1.85. The summed E-state index contributed by atoms with van der Waals surface area (Å²) in [5, 5.41) is 4.56. The molecule has 0 aromatic carbocycles. The molecule has 2 aromatic heterocycles. The Morgan fingerprint density at radius 3 is 2.78 bits per heavy atom. The molecule has 0 amide bonds. The first-order chi connectivity index (χ1) is 8.65. The van der Waals surface area contributed by atoms with Gasteiger partial charge in [0.15, 0.2) is 0 Å². The van der Waals surface area contributed by atoms with Crippen molar-refractivity contribution < 1.29 is 0 Å². The smallest absolute Gasteiger partial charge is 0.112 e. The number of hydrogen-bond donors (Lipinski definition) is 0. The SMILES string of the molecule is Cc1nn(C(C)C)cc1Cn1ccnc1C1CC1.